The Morgan fingerprint density at radius 1 is 1.26 bits per heavy atom. The van der Waals surface area contributed by atoms with Crippen LogP contribution in [0.25, 0.3) is 0 Å². The van der Waals surface area contributed by atoms with Crippen LogP contribution in [0.5, 0.6) is 0 Å². The zero-order chi connectivity index (χ0) is 13.7. The molecular weight excluding hydrogens is 238 g/mol. The van der Waals surface area contributed by atoms with Crippen molar-refractivity contribution in [3.05, 3.63) is 54.4 Å². The van der Waals surface area contributed by atoms with Crippen molar-refractivity contribution in [1.29, 1.82) is 0 Å². The Balaban J connectivity index is 2.29. The molecule has 2 aromatic rings. The monoisotopic (exact) mass is 255 g/mol. The second-order valence-corrected chi connectivity index (χ2v) is 4.15. The highest BCUT2D eigenvalue weighted by Crippen LogP contribution is 2.19. The highest BCUT2D eigenvalue weighted by atomic mass is 16.2. The maximum Gasteiger partial charge on any atom is 0.260 e. The fraction of sp³-hybridized carbons (Fsp3) is 0.200. The molecule has 1 aromatic heterocycles. The Kier molecular flexibility index (Phi) is 4.13. The first kappa shape index (κ1) is 13.1. The van der Waals surface area contributed by atoms with Gasteiger partial charge in [-0.15, -0.1) is 0 Å². The predicted octanol–water partition coefficient (Wildman–Crippen LogP) is 2.79. The second kappa shape index (κ2) is 6.00. The van der Waals surface area contributed by atoms with Crippen molar-refractivity contribution < 1.29 is 4.79 Å². The summed E-state index contributed by atoms with van der Waals surface area (Å²) in [5.74, 6) is -0.0513. The topological polar surface area (TPSA) is 45.2 Å². The zero-order valence-corrected chi connectivity index (χ0v) is 11.1. The fourth-order valence-corrected chi connectivity index (χ4v) is 1.86. The van der Waals surface area contributed by atoms with Crippen LogP contribution >= 0.6 is 0 Å². The molecule has 4 heteroatoms. The van der Waals surface area contributed by atoms with Gasteiger partial charge in [0.05, 0.1) is 17.4 Å². The van der Waals surface area contributed by atoms with Crippen LogP contribution < -0.4 is 10.2 Å². The Labute approximate surface area is 113 Å². The third kappa shape index (κ3) is 2.91. The molecule has 0 aliphatic heterocycles. The summed E-state index contributed by atoms with van der Waals surface area (Å²) in [7, 11) is 1.75. The molecule has 0 saturated heterocycles. The van der Waals surface area contributed by atoms with Crippen LogP contribution in [0.15, 0.2) is 48.8 Å². The summed E-state index contributed by atoms with van der Waals surface area (Å²) >= 11 is 0. The summed E-state index contributed by atoms with van der Waals surface area (Å²) in [6.45, 7) is 2.78. The molecule has 19 heavy (non-hydrogen) atoms. The van der Waals surface area contributed by atoms with Gasteiger partial charge in [0.1, 0.15) is 0 Å². The molecule has 0 spiro atoms. The minimum atomic E-state index is -0.0513. The van der Waals surface area contributed by atoms with Gasteiger partial charge in [0.15, 0.2) is 0 Å². The van der Waals surface area contributed by atoms with Gasteiger partial charge in [0, 0.05) is 25.5 Å². The smallest absolute Gasteiger partial charge is 0.260 e. The first-order valence-electron chi connectivity index (χ1n) is 6.25. The number of carbonyl (C=O) groups excluding carboxylic acids is 1. The van der Waals surface area contributed by atoms with E-state index in [2.05, 4.69) is 10.3 Å². The van der Waals surface area contributed by atoms with Gasteiger partial charge in [0.25, 0.3) is 5.91 Å². The summed E-state index contributed by atoms with van der Waals surface area (Å²) in [5, 5.41) is 3.20. The molecule has 4 nitrogen and oxygen atoms in total. The molecule has 0 aliphatic rings. The molecule has 0 saturated carbocycles. The van der Waals surface area contributed by atoms with Crippen molar-refractivity contribution >= 4 is 17.3 Å². The maximum atomic E-state index is 12.5. The molecule has 1 N–H and O–H groups in total. The van der Waals surface area contributed by atoms with Crippen LogP contribution in [0.4, 0.5) is 11.4 Å². The summed E-state index contributed by atoms with van der Waals surface area (Å²) in [5.41, 5.74) is 2.29. The number of rotatable bonds is 4. The van der Waals surface area contributed by atoms with Crippen LogP contribution in [0.1, 0.15) is 17.3 Å². The molecule has 1 amide bonds. The molecule has 0 radical (unpaired) electrons. The van der Waals surface area contributed by atoms with E-state index in [4.69, 9.17) is 0 Å². The van der Waals surface area contributed by atoms with Crippen molar-refractivity contribution in [2.24, 2.45) is 0 Å². The van der Waals surface area contributed by atoms with Gasteiger partial charge in [-0.2, -0.15) is 0 Å². The SMILES string of the molecule is CCNc1ccccc1C(=O)N(C)c1cccnc1. The molecule has 1 heterocycles. The normalized spacial score (nSPS) is 10.0. The minimum Gasteiger partial charge on any atom is -0.385 e. The first-order chi connectivity index (χ1) is 9.24. The van der Waals surface area contributed by atoms with Crippen molar-refractivity contribution in [3.8, 4) is 0 Å². The first-order valence-corrected chi connectivity index (χ1v) is 6.25. The average molecular weight is 255 g/mol. The molecule has 2 rings (SSSR count). The number of pyridine rings is 1. The summed E-state index contributed by atoms with van der Waals surface area (Å²) in [4.78, 5) is 18.1. The van der Waals surface area contributed by atoms with Crippen LogP contribution in [-0.4, -0.2) is 24.5 Å². The van der Waals surface area contributed by atoms with E-state index in [1.807, 2.05) is 43.3 Å². The summed E-state index contributed by atoms with van der Waals surface area (Å²) in [6.07, 6.45) is 3.36. The lowest BCUT2D eigenvalue weighted by Gasteiger charge is -2.19. The van der Waals surface area contributed by atoms with Gasteiger partial charge in [0.2, 0.25) is 0 Å². The number of para-hydroxylation sites is 1. The van der Waals surface area contributed by atoms with Gasteiger partial charge in [-0.05, 0) is 31.2 Å². The quantitative estimate of drug-likeness (QED) is 0.913. The molecule has 0 bridgehead atoms. The third-order valence-corrected chi connectivity index (χ3v) is 2.86. The predicted molar refractivity (Wildman–Crippen MR) is 77.6 cm³/mol. The van der Waals surface area contributed by atoms with Gasteiger partial charge >= 0.3 is 0 Å². The van der Waals surface area contributed by atoms with Gasteiger partial charge < -0.3 is 10.2 Å². The third-order valence-electron chi connectivity index (χ3n) is 2.86. The molecule has 0 unspecified atom stereocenters. The number of benzene rings is 1. The second-order valence-electron chi connectivity index (χ2n) is 4.15. The maximum absolute atomic E-state index is 12.5. The number of hydrogen-bond donors (Lipinski definition) is 1. The molecule has 0 atom stereocenters. The summed E-state index contributed by atoms with van der Waals surface area (Å²) in [6, 6.07) is 11.2. The standard InChI is InChI=1S/C15H17N3O/c1-3-17-14-9-5-4-8-13(14)15(19)18(2)12-7-6-10-16-11-12/h4-11,17H,3H2,1-2H3. The molecule has 0 fully saturated rings. The zero-order valence-electron chi connectivity index (χ0n) is 11.1. The van der Waals surface area contributed by atoms with E-state index < -0.39 is 0 Å². The van der Waals surface area contributed by atoms with Crippen LogP contribution in [0, 0.1) is 0 Å². The molecule has 98 valence electrons. The van der Waals surface area contributed by atoms with Crippen molar-refractivity contribution in [1.82, 2.24) is 4.98 Å². The number of anilines is 2. The van der Waals surface area contributed by atoms with Crippen LogP contribution in [-0.2, 0) is 0 Å². The van der Waals surface area contributed by atoms with Crippen molar-refractivity contribution in [2.75, 3.05) is 23.8 Å². The lowest BCUT2D eigenvalue weighted by atomic mass is 10.1. The van der Waals surface area contributed by atoms with Crippen LogP contribution in [0.2, 0.25) is 0 Å². The van der Waals surface area contributed by atoms with E-state index in [1.54, 1.807) is 24.3 Å². The Morgan fingerprint density at radius 3 is 2.74 bits per heavy atom. The summed E-state index contributed by atoms with van der Waals surface area (Å²) < 4.78 is 0. The lowest BCUT2D eigenvalue weighted by Crippen LogP contribution is -2.27. The lowest BCUT2D eigenvalue weighted by molar-refractivity contribution is 0.0993. The van der Waals surface area contributed by atoms with Crippen molar-refractivity contribution in [2.45, 2.75) is 6.92 Å². The minimum absolute atomic E-state index is 0.0513. The number of nitrogens with zero attached hydrogens (tertiary/aromatic N) is 2. The average Bonchev–Trinajstić information content (AvgIpc) is 2.47. The van der Waals surface area contributed by atoms with Crippen LogP contribution in [0.3, 0.4) is 0 Å². The number of carbonyl (C=O) groups is 1. The largest absolute Gasteiger partial charge is 0.385 e. The number of amides is 1. The Bertz CT molecular complexity index is 554. The number of nitrogens with one attached hydrogen (secondary N) is 1. The highest BCUT2D eigenvalue weighted by molar-refractivity contribution is 6.09. The Hall–Kier alpha value is -2.36. The molecule has 1 aromatic carbocycles. The van der Waals surface area contributed by atoms with Gasteiger partial charge in [-0.25, -0.2) is 0 Å². The number of aromatic nitrogens is 1. The fourth-order valence-electron chi connectivity index (χ4n) is 1.86. The van der Waals surface area contributed by atoms with E-state index in [9.17, 15) is 4.79 Å². The highest BCUT2D eigenvalue weighted by Gasteiger charge is 2.16. The Morgan fingerprint density at radius 2 is 2.05 bits per heavy atom. The van der Waals surface area contributed by atoms with Crippen molar-refractivity contribution in [3.63, 3.8) is 0 Å². The van der Waals surface area contributed by atoms with E-state index in [1.165, 1.54) is 0 Å². The molecule has 0 aliphatic carbocycles. The van der Waals surface area contributed by atoms with E-state index in [0.29, 0.717) is 5.56 Å². The van der Waals surface area contributed by atoms with E-state index in [-0.39, 0.29) is 5.91 Å². The molecular formula is C15H17N3O. The number of hydrogen-bond acceptors (Lipinski definition) is 3. The van der Waals surface area contributed by atoms with E-state index >= 15 is 0 Å². The van der Waals surface area contributed by atoms with Gasteiger partial charge in [-0.3, -0.25) is 9.78 Å². The van der Waals surface area contributed by atoms with E-state index in [0.717, 1.165) is 17.9 Å². The van der Waals surface area contributed by atoms with Gasteiger partial charge in [-0.1, -0.05) is 12.1 Å².